The molecule has 2 aromatic rings. The molecule has 0 saturated carbocycles. The van der Waals surface area contributed by atoms with Crippen molar-refractivity contribution in [3.63, 3.8) is 0 Å². The number of carbonyl (C=O) groups excluding carboxylic acids is 1. The fourth-order valence-corrected chi connectivity index (χ4v) is 3.88. The smallest absolute Gasteiger partial charge is 0.387 e. The van der Waals surface area contributed by atoms with Gasteiger partial charge in [-0.05, 0) is 51.0 Å². The van der Waals surface area contributed by atoms with Crippen LogP contribution in [0.2, 0.25) is 10.0 Å². The Kier molecular flexibility index (Phi) is 7.69. The molecule has 1 amide bonds. The van der Waals surface area contributed by atoms with E-state index < -0.39 is 6.61 Å². The second-order valence-electron chi connectivity index (χ2n) is 6.87. The van der Waals surface area contributed by atoms with Gasteiger partial charge in [0, 0.05) is 18.1 Å². The number of nitrogens with zero attached hydrogens (tertiary/aromatic N) is 2. The number of rotatable bonds is 8. The number of hydrogen-bond acceptors (Lipinski definition) is 4. The summed E-state index contributed by atoms with van der Waals surface area (Å²) in [6, 6.07) is 4.47. The maximum Gasteiger partial charge on any atom is 0.387 e. The number of piperidine rings is 1. The van der Waals surface area contributed by atoms with E-state index in [1.807, 2.05) is 0 Å². The summed E-state index contributed by atoms with van der Waals surface area (Å²) in [4.78, 5) is 14.5. The zero-order valence-corrected chi connectivity index (χ0v) is 17.2. The fourth-order valence-electron chi connectivity index (χ4n) is 3.30. The standard InChI is InChI=1S/C19H22Cl2F2N4O2/c20-13-9-12(10-14(21)18(13)29-19(22)23)15-11-16(26-25-15)24-17(28)5-4-8-27-6-2-1-3-7-27/h9-11,19H,1-8H2,(H2,24,25,26,28). The summed E-state index contributed by atoms with van der Waals surface area (Å²) in [5, 5.41) is 9.50. The highest BCUT2D eigenvalue weighted by Gasteiger charge is 2.17. The van der Waals surface area contributed by atoms with Gasteiger partial charge in [0.05, 0.1) is 15.7 Å². The van der Waals surface area contributed by atoms with E-state index in [0.29, 0.717) is 23.5 Å². The monoisotopic (exact) mass is 446 g/mol. The van der Waals surface area contributed by atoms with E-state index in [0.717, 1.165) is 26.1 Å². The molecule has 0 aliphatic carbocycles. The Morgan fingerprint density at radius 1 is 1.21 bits per heavy atom. The Bertz CT molecular complexity index is 818. The lowest BCUT2D eigenvalue weighted by molar-refractivity contribution is -0.116. The maximum absolute atomic E-state index is 12.4. The van der Waals surface area contributed by atoms with Gasteiger partial charge in [-0.3, -0.25) is 9.89 Å². The first-order valence-electron chi connectivity index (χ1n) is 9.44. The van der Waals surface area contributed by atoms with Crippen LogP contribution in [0, 0.1) is 0 Å². The molecule has 1 saturated heterocycles. The van der Waals surface area contributed by atoms with Gasteiger partial charge in [-0.25, -0.2) is 0 Å². The Labute approximate surface area is 177 Å². The van der Waals surface area contributed by atoms with E-state index in [-0.39, 0.29) is 21.7 Å². The lowest BCUT2D eigenvalue weighted by atomic mass is 10.1. The van der Waals surface area contributed by atoms with Crippen LogP contribution in [0.15, 0.2) is 18.2 Å². The highest BCUT2D eigenvalue weighted by molar-refractivity contribution is 6.37. The van der Waals surface area contributed by atoms with Crippen molar-refractivity contribution in [2.75, 3.05) is 25.0 Å². The molecule has 1 aromatic heterocycles. The average Bonchev–Trinajstić information content (AvgIpc) is 3.13. The van der Waals surface area contributed by atoms with Gasteiger partial charge in [-0.15, -0.1) is 0 Å². The summed E-state index contributed by atoms with van der Waals surface area (Å²) < 4.78 is 29.2. The Morgan fingerprint density at radius 3 is 2.55 bits per heavy atom. The third-order valence-corrected chi connectivity index (χ3v) is 5.24. The number of halogens is 4. The van der Waals surface area contributed by atoms with E-state index in [4.69, 9.17) is 23.2 Å². The Hall–Kier alpha value is -1.90. The number of H-pyrrole nitrogens is 1. The van der Waals surface area contributed by atoms with Gasteiger partial charge >= 0.3 is 6.61 Å². The SMILES string of the molecule is O=C(CCCN1CCCCC1)Nc1cc(-c2cc(Cl)c(OC(F)F)c(Cl)c2)n[nH]1. The number of aromatic amines is 1. The largest absolute Gasteiger partial charge is 0.432 e. The Morgan fingerprint density at radius 2 is 1.90 bits per heavy atom. The van der Waals surface area contributed by atoms with E-state index in [1.165, 1.54) is 31.4 Å². The minimum atomic E-state index is -3.03. The van der Waals surface area contributed by atoms with Crippen LogP contribution in [-0.4, -0.2) is 47.3 Å². The van der Waals surface area contributed by atoms with Crippen molar-refractivity contribution in [1.82, 2.24) is 15.1 Å². The molecule has 10 heteroatoms. The predicted molar refractivity (Wildman–Crippen MR) is 109 cm³/mol. The molecule has 158 valence electrons. The van der Waals surface area contributed by atoms with Crippen LogP contribution in [0.25, 0.3) is 11.3 Å². The van der Waals surface area contributed by atoms with E-state index in [9.17, 15) is 13.6 Å². The third kappa shape index (κ3) is 6.29. The highest BCUT2D eigenvalue weighted by Crippen LogP contribution is 2.38. The number of carbonyl (C=O) groups is 1. The lowest BCUT2D eigenvalue weighted by Gasteiger charge is -2.26. The van der Waals surface area contributed by atoms with Crippen LogP contribution in [-0.2, 0) is 4.79 Å². The molecule has 1 fully saturated rings. The van der Waals surface area contributed by atoms with E-state index in [2.05, 4.69) is 25.2 Å². The topological polar surface area (TPSA) is 70.2 Å². The van der Waals surface area contributed by atoms with E-state index >= 15 is 0 Å². The van der Waals surface area contributed by atoms with Gasteiger partial charge < -0.3 is 15.0 Å². The molecule has 6 nitrogen and oxygen atoms in total. The van der Waals surface area contributed by atoms with Gasteiger partial charge in [0.15, 0.2) is 5.75 Å². The molecular formula is C19H22Cl2F2N4O2. The molecule has 2 N–H and O–H groups in total. The Balaban J connectivity index is 1.55. The summed E-state index contributed by atoms with van der Waals surface area (Å²) in [5.74, 6) is 0.0435. The zero-order valence-electron chi connectivity index (χ0n) is 15.7. The van der Waals surface area contributed by atoms with Crippen LogP contribution in [0.4, 0.5) is 14.6 Å². The number of aromatic nitrogens is 2. The lowest BCUT2D eigenvalue weighted by Crippen LogP contribution is -2.31. The number of alkyl halides is 2. The molecule has 1 aliphatic rings. The van der Waals surface area contributed by atoms with Gasteiger partial charge in [0.1, 0.15) is 5.82 Å². The molecular weight excluding hydrogens is 425 g/mol. The van der Waals surface area contributed by atoms with Crippen LogP contribution in [0.5, 0.6) is 5.75 Å². The first kappa shape index (κ1) is 21.8. The summed E-state index contributed by atoms with van der Waals surface area (Å²) in [6.45, 7) is 0.110. The van der Waals surface area contributed by atoms with Crippen molar-refractivity contribution in [1.29, 1.82) is 0 Å². The molecule has 0 bridgehead atoms. The molecule has 0 radical (unpaired) electrons. The summed E-state index contributed by atoms with van der Waals surface area (Å²) in [5.41, 5.74) is 0.962. The van der Waals surface area contributed by atoms with Crippen molar-refractivity contribution in [2.24, 2.45) is 0 Å². The molecule has 0 spiro atoms. The second-order valence-corrected chi connectivity index (χ2v) is 7.68. The van der Waals surface area contributed by atoms with Crippen LogP contribution in [0.3, 0.4) is 0 Å². The predicted octanol–water partition coefficient (Wildman–Crippen LogP) is 5.19. The van der Waals surface area contributed by atoms with Gasteiger partial charge in [-0.1, -0.05) is 29.6 Å². The minimum Gasteiger partial charge on any atom is -0.432 e. The summed E-state index contributed by atoms with van der Waals surface area (Å²) in [6.07, 6.45) is 4.96. The molecule has 0 atom stereocenters. The average molecular weight is 447 g/mol. The number of benzene rings is 1. The molecule has 1 aliphatic heterocycles. The van der Waals surface area contributed by atoms with E-state index in [1.54, 1.807) is 6.07 Å². The van der Waals surface area contributed by atoms with Gasteiger partial charge in [-0.2, -0.15) is 13.9 Å². The molecule has 1 aromatic carbocycles. The summed E-state index contributed by atoms with van der Waals surface area (Å²) in [7, 11) is 0. The third-order valence-electron chi connectivity index (χ3n) is 4.68. The summed E-state index contributed by atoms with van der Waals surface area (Å²) >= 11 is 12.0. The number of hydrogen-bond donors (Lipinski definition) is 2. The maximum atomic E-state index is 12.4. The van der Waals surface area contributed by atoms with Crippen LogP contribution < -0.4 is 10.1 Å². The number of ether oxygens (including phenoxy) is 1. The molecule has 29 heavy (non-hydrogen) atoms. The van der Waals surface area contributed by atoms with Crippen molar-refractivity contribution in [3.8, 4) is 17.0 Å². The first-order chi connectivity index (χ1) is 13.9. The molecule has 3 rings (SSSR count). The highest BCUT2D eigenvalue weighted by atomic mass is 35.5. The number of likely N-dealkylation sites (tertiary alicyclic amines) is 1. The normalized spacial score (nSPS) is 14.9. The van der Waals surface area contributed by atoms with Crippen molar-refractivity contribution < 1.29 is 18.3 Å². The van der Waals surface area contributed by atoms with Crippen molar-refractivity contribution >= 4 is 34.9 Å². The van der Waals surface area contributed by atoms with Gasteiger partial charge in [0.2, 0.25) is 5.91 Å². The minimum absolute atomic E-state index is 0.0564. The quantitative estimate of drug-likeness (QED) is 0.585. The number of nitrogens with one attached hydrogen (secondary N) is 2. The molecule has 0 unspecified atom stereocenters. The number of anilines is 1. The van der Waals surface area contributed by atoms with Crippen LogP contribution >= 0.6 is 23.2 Å². The van der Waals surface area contributed by atoms with Crippen LogP contribution in [0.1, 0.15) is 32.1 Å². The zero-order chi connectivity index (χ0) is 20.8. The van der Waals surface area contributed by atoms with Crippen molar-refractivity contribution in [3.05, 3.63) is 28.2 Å². The van der Waals surface area contributed by atoms with Gasteiger partial charge in [0.25, 0.3) is 0 Å². The molecule has 2 heterocycles. The first-order valence-corrected chi connectivity index (χ1v) is 10.2. The number of amides is 1. The van der Waals surface area contributed by atoms with Crippen molar-refractivity contribution in [2.45, 2.75) is 38.7 Å². The second kappa shape index (κ2) is 10.2. The fraction of sp³-hybridized carbons (Fsp3) is 0.474.